The van der Waals surface area contributed by atoms with Gasteiger partial charge in [0.15, 0.2) is 0 Å². The van der Waals surface area contributed by atoms with Crippen LogP contribution in [0, 0.1) is 0 Å². The zero-order chi connectivity index (χ0) is 25.3. The van der Waals surface area contributed by atoms with Crippen LogP contribution in [0.15, 0.2) is 121 Å². The van der Waals surface area contributed by atoms with Gasteiger partial charge in [0, 0.05) is 0 Å². The van der Waals surface area contributed by atoms with Gasteiger partial charge in [-0.25, -0.2) is 0 Å². The number of benzene rings is 4. The quantitative estimate of drug-likeness (QED) is 0.240. The molecule has 6 rings (SSSR count). The average molecular weight is 568 g/mol. The topological polar surface area (TPSA) is 40.5 Å². The molecule has 0 aromatic heterocycles. The zero-order valence-electron chi connectivity index (χ0n) is 20.8. The van der Waals surface area contributed by atoms with Gasteiger partial charge in [0.25, 0.3) is 0 Å². The molecule has 0 radical (unpaired) electrons. The summed E-state index contributed by atoms with van der Waals surface area (Å²) < 4.78 is 1.53. The molecule has 0 heterocycles. The third-order valence-electron chi connectivity index (χ3n) is 6.36. The van der Waals surface area contributed by atoms with Crippen LogP contribution in [0.1, 0.15) is 29.5 Å². The Morgan fingerprint density at radius 3 is 1.22 bits per heavy atom. The molecule has 4 aromatic rings. The standard InChI is InChI=1S/2C9H7.2C6H6O.C2H6Si.Zr/c2*1-2-5-9-7-3-6-8(9)4-1;2*7-6-4-2-1-3-5-6;1-3-2;/h2*1-7H;2*1-5,7H;1-2H3;. The molecule has 0 aliphatic heterocycles. The Hall–Kier alpha value is -2.94. The second-order valence-electron chi connectivity index (χ2n) is 9.06. The van der Waals surface area contributed by atoms with E-state index in [0.717, 1.165) is 7.25 Å². The Balaban J connectivity index is 0.000000177. The number of phenolic OH excluding ortho intramolecular Hbond substituents is 2. The predicted octanol–water partition coefficient (Wildman–Crippen LogP) is 8.18. The molecular formula is C32H32O2SiZr. The van der Waals surface area contributed by atoms with Crippen molar-refractivity contribution < 1.29 is 30.6 Å². The van der Waals surface area contributed by atoms with E-state index >= 15 is 0 Å². The monoisotopic (exact) mass is 566 g/mol. The minimum absolute atomic E-state index is 0.228. The van der Waals surface area contributed by atoms with Gasteiger partial charge in [-0.2, -0.15) is 0 Å². The summed E-state index contributed by atoms with van der Waals surface area (Å²) in [5.74, 6) is 0.644. The Labute approximate surface area is 222 Å². The summed E-state index contributed by atoms with van der Waals surface area (Å²) in [7, 11) is 0. The summed E-state index contributed by atoms with van der Waals surface area (Å²) in [6.07, 6.45) is 9.81. The fraction of sp³-hybridized carbons (Fsp3) is 0.125. The molecule has 180 valence electrons. The smallest absolute Gasteiger partial charge is 0.115 e. The Bertz CT molecular complexity index is 1270. The molecule has 2 unspecified atom stereocenters. The van der Waals surface area contributed by atoms with Crippen LogP contribution < -0.4 is 0 Å². The van der Waals surface area contributed by atoms with Crippen molar-refractivity contribution >= 4 is 17.6 Å². The van der Waals surface area contributed by atoms with Crippen LogP contribution in [0.3, 0.4) is 0 Å². The first-order chi connectivity index (χ1) is 17.5. The van der Waals surface area contributed by atoms with Crippen LogP contribution in [-0.2, 0) is 20.4 Å². The van der Waals surface area contributed by atoms with E-state index in [0.29, 0.717) is 11.5 Å². The SMILES string of the molecule is C[Si](C)=[Zr]([CH]1C=Cc2ccccc21)[CH]1C=Cc2ccccc21.Oc1ccccc1.Oc1ccccc1. The van der Waals surface area contributed by atoms with Gasteiger partial charge in [0.1, 0.15) is 11.5 Å². The maximum absolute atomic E-state index is 8.63. The fourth-order valence-corrected chi connectivity index (χ4v) is 23.5. The molecule has 4 aromatic carbocycles. The zero-order valence-corrected chi connectivity index (χ0v) is 24.2. The van der Waals surface area contributed by atoms with Crippen molar-refractivity contribution in [1.29, 1.82) is 0 Å². The summed E-state index contributed by atoms with van der Waals surface area (Å²) in [6, 6.07) is 35.5. The van der Waals surface area contributed by atoms with Gasteiger partial charge in [-0.3, -0.25) is 0 Å². The van der Waals surface area contributed by atoms with Gasteiger partial charge in [0.05, 0.1) is 0 Å². The van der Waals surface area contributed by atoms with Crippen molar-refractivity contribution in [2.45, 2.75) is 20.3 Å². The molecule has 0 saturated carbocycles. The van der Waals surface area contributed by atoms with Crippen LogP contribution in [0.5, 0.6) is 11.5 Å². The molecule has 2 aliphatic carbocycles. The van der Waals surface area contributed by atoms with Gasteiger partial charge in [0.2, 0.25) is 0 Å². The number of allylic oxidation sites excluding steroid dienone is 2. The van der Waals surface area contributed by atoms with Crippen molar-refractivity contribution in [3.05, 3.63) is 144 Å². The number of phenols is 2. The molecular weight excluding hydrogens is 536 g/mol. The van der Waals surface area contributed by atoms with E-state index < -0.39 is 20.4 Å². The van der Waals surface area contributed by atoms with E-state index in [4.69, 9.17) is 10.2 Å². The minimum atomic E-state index is -1.65. The third kappa shape index (κ3) is 6.63. The second kappa shape index (κ2) is 12.9. The van der Waals surface area contributed by atoms with Crippen molar-refractivity contribution in [2.24, 2.45) is 0 Å². The van der Waals surface area contributed by atoms with Gasteiger partial charge in [-0.1, -0.05) is 36.4 Å². The summed E-state index contributed by atoms with van der Waals surface area (Å²) in [4.78, 5) is 0. The summed E-state index contributed by atoms with van der Waals surface area (Å²) >= 11 is -1.65. The minimum Gasteiger partial charge on any atom is -0.508 e. The van der Waals surface area contributed by atoms with E-state index in [1.54, 1.807) is 59.7 Å². The first kappa shape index (κ1) is 26.1. The molecule has 2 atom stereocenters. The van der Waals surface area contributed by atoms with Crippen molar-refractivity contribution in [2.75, 3.05) is 0 Å². The van der Waals surface area contributed by atoms with Gasteiger partial charge in [-0.15, -0.1) is 0 Å². The van der Waals surface area contributed by atoms with Crippen molar-refractivity contribution in [1.82, 2.24) is 0 Å². The van der Waals surface area contributed by atoms with Crippen molar-refractivity contribution in [3.8, 4) is 11.5 Å². The van der Waals surface area contributed by atoms with Crippen LogP contribution in [0.25, 0.3) is 12.2 Å². The number of hydrogen-bond acceptors (Lipinski definition) is 2. The number of fused-ring (bicyclic) bond motifs is 2. The number of hydrogen-bond donors (Lipinski definition) is 2. The molecule has 0 fully saturated rings. The van der Waals surface area contributed by atoms with E-state index in [1.165, 1.54) is 11.1 Å². The van der Waals surface area contributed by atoms with Crippen LogP contribution in [0.2, 0.25) is 13.1 Å². The van der Waals surface area contributed by atoms with E-state index in [1.807, 2.05) is 12.1 Å². The Morgan fingerprint density at radius 1 is 0.528 bits per heavy atom. The predicted molar refractivity (Wildman–Crippen MR) is 150 cm³/mol. The summed E-state index contributed by atoms with van der Waals surface area (Å²) in [5, 5.41) is 17.3. The number of aromatic hydroxyl groups is 2. The van der Waals surface area contributed by atoms with Crippen LogP contribution >= 0.6 is 0 Å². The molecule has 0 saturated heterocycles. The van der Waals surface area contributed by atoms with E-state index in [9.17, 15) is 0 Å². The molecule has 2 aliphatic rings. The molecule has 2 nitrogen and oxygen atoms in total. The first-order valence-corrected chi connectivity index (χ1v) is 21.3. The van der Waals surface area contributed by atoms with E-state index in [2.05, 4.69) is 85.9 Å². The number of rotatable bonds is 2. The van der Waals surface area contributed by atoms with Crippen LogP contribution in [-0.4, -0.2) is 15.6 Å². The third-order valence-corrected chi connectivity index (χ3v) is 25.5. The average Bonchev–Trinajstić information content (AvgIpc) is 3.51. The maximum atomic E-state index is 8.63. The van der Waals surface area contributed by atoms with Gasteiger partial charge < -0.3 is 10.2 Å². The Kier molecular flexibility index (Phi) is 9.33. The van der Waals surface area contributed by atoms with Gasteiger partial charge in [-0.05, 0) is 24.3 Å². The Morgan fingerprint density at radius 2 is 0.889 bits per heavy atom. The molecule has 36 heavy (non-hydrogen) atoms. The van der Waals surface area contributed by atoms with Crippen molar-refractivity contribution in [3.63, 3.8) is 0 Å². The molecule has 2 N–H and O–H groups in total. The molecule has 0 bridgehead atoms. The first-order valence-electron chi connectivity index (χ1n) is 12.2. The number of para-hydroxylation sites is 2. The molecule has 4 heteroatoms. The normalized spacial score (nSPS) is 16.1. The largest absolute Gasteiger partial charge is 0.508 e. The van der Waals surface area contributed by atoms with Gasteiger partial charge >= 0.3 is 141 Å². The maximum Gasteiger partial charge on any atom is 0.115 e. The second-order valence-corrected chi connectivity index (χ2v) is 27.1. The summed E-state index contributed by atoms with van der Waals surface area (Å²) in [5.41, 5.74) is 5.92. The molecule has 0 amide bonds. The van der Waals surface area contributed by atoms with Crippen LogP contribution in [0.4, 0.5) is 0 Å². The summed E-state index contributed by atoms with van der Waals surface area (Å²) in [6.45, 7) is 5.12. The fourth-order valence-electron chi connectivity index (χ4n) is 4.71. The molecule has 0 spiro atoms. The van der Waals surface area contributed by atoms with E-state index in [-0.39, 0.29) is 5.43 Å².